The van der Waals surface area contributed by atoms with E-state index in [1.54, 1.807) is 47.4 Å². The maximum absolute atomic E-state index is 12.4. The summed E-state index contributed by atoms with van der Waals surface area (Å²) >= 11 is 6.25. The highest BCUT2D eigenvalue weighted by molar-refractivity contribution is 6.34. The van der Waals surface area contributed by atoms with Crippen molar-refractivity contribution in [3.05, 3.63) is 64.2 Å². The molecule has 0 radical (unpaired) electrons. The van der Waals surface area contributed by atoms with Gasteiger partial charge in [0.05, 0.1) is 10.6 Å². The number of rotatable bonds is 7. The predicted octanol–water partition coefficient (Wildman–Crippen LogP) is 3.24. The number of benzene rings is 2. The zero-order chi connectivity index (χ0) is 20.7. The van der Waals surface area contributed by atoms with Gasteiger partial charge in [-0.15, -0.1) is 0 Å². The van der Waals surface area contributed by atoms with Crippen LogP contribution in [0.2, 0.25) is 5.02 Å². The van der Waals surface area contributed by atoms with Gasteiger partial charge in [-0.05, 0) is 49.7 Å². The number of amides is 4. The smallest absolute Gasteiger partial charge is 0.312 e. The average molecular weight is 403 g/mol. The lowest BCUT2D eigenvalue weighted by atomic mass is 10.1. The van der Waals surface area contributed by atoms with Crippen LogP contribution in [0.3, 0.4) is 0 Å². The van der Waals surface area contributed by atoms with Crippen molar-refractivity contribution in [2.24, 2.45) is 5.73 Å². The first-order valence-corrected chi connectivity index (χ1v) is 9.25. The van der Waals surface area contributed by atoms with Crippen molar-refractivity contribution in [3.63, 3.8) is 0 Å². The Morgan fingerprint density at radius 3 is 2.21 bits per heavy atom. The number of carbonyl (C=O) groups excluding carboxylic acids is 3. The summed E-state index contributed by atoms with van der Waals surface area (Å²) in [6.45, 7) is 5.28. The molecule has 8 heteroatoms. The van der Waals surface area contributed by atoms with Crippen molar-refractivity contribution < 1.29 is 14.4 Å². The fourth-order valence-corrected chi connectivity index (χ4v) is 2.88. The van der Waals surface area contributed by atoms with E-state index in [-0.39, 0.29) is 23.4 Å². The van der Waals surface area contributed by atoms with Gasteiger partial charge in [0.15, 0.2) is 0 Å². The van der Waals surface area contributed by atoms with Gasteiger partial charge in [0.1, 0.15) is 0 Å². The second-order valence-corrected chi connectivity index (χ2v) is 6.45. The topological polar surface area (TPSA) is 105 Å². The van der Waals surface area contributed by atoms with Gasteiger partial charge in [-0.2, -0.15) is 0 Å². The minimum absolute atomic E-state index is 0.145. The highest BCUT2D eigenvalue weighted by Crippen LogP contribution is 2.23. The van der Waals surface area contributed by atoms with Gasteiger partial charge in [-0.3, -0.25) is 9.59 Å². The molecule has 28 heavy (non-hydrogen) atoms. The van der Waals surface area contributed by atoms with E-state index in [1.807, 2.05) is 13.8 Å². The van der Waals surface area contributed by atoms with Gasteiger partial charge in [-0.25, -0.2) is 4.79 Å². The molecule has 0 unspecified atom stereocenters. The number of hydrogen-bond acceptors (Lipinski definition) is 3. The Kier molecular flexibility index (Phi) is 7.40. The third-order valence-electron chi connectivity index (χ3n) is 4.19. The van der Waals surface area contributed by atoms with Crippen LogP contribution < -0.4 is 16.4 Å². The molecule has 0 spiro atoms. The number of primary amides is 1. The molecule has 4 N–H and O–H groups in total. The molecule has 0 fully saturated rings. The van der Waals surface area contributed by atoms with E-state index in [0.29, 0.717) is 29.9 Å². The predicted molar refractivity (Wildman–Crippen MR) is 110 cm³/mol. The summed E-state index contributed by atoms with van der Waals surface area (Å²) in [5.41, 5.74) is 7.18. The number of urea groups is 1. The van der Waals surface area contributed by atoms with E-state index < -0.39 is 6.03 Å². The molecule has 0 heterocycles. The van der Waals surface area contributed by atoms with Crippen LogP contribution >= 0.6 is 11.6 Å². The minimum atomic E-state index is -0.610. The van der Waals surface area contributed by atoms with E-state index in [9.17, 15) is 14.4 Å². The monoisotopic (exact) mass is 402 g/mol. The molecule has 0 atom stereocenters. The molecular weight excluding hydrogens is 380 g/mol. The number of nitrogens with two attached hydrogens (primary N) is 1. The maximum Gasteiger partial charge on any atom is 0.312 e. The summed E-state index contributed by atoms with van der Waals surface area (Å²) in [5, 5.41) is 5.51. The summed E-state index contributed by atoms with van der Waals surface area (Å²) in [6, 6.07) is 10.9. The Morgan fingerprint density at radius 1 is 1.04 bits per heavy atom. The largest absolute Gasteiger partial charge is 0.352 e. The highest BCUT2D eigenvalue weighted by Gasteiger charge is 2.16. The zero-order valence-electron chi connectivity index (χ0n) is 15.8. The molecule has 2 aromatic carbocycles. The van der Waals surface area contributed by atoms with E-state index in [2.05, 4.69) is 10.6 Å². The van der Waals surface area contributed by atoms with Crippen LogP contribution in [0, 0.1) is 0 Å². The molecule has 0 aliphatic heterocycles. The number of halogens is 1. The van der Waals surface area contributed by atoms with Gasteiger partial charge >= 0.3 is 6.03 Å². The van der Waals surface area contributed by atoms with Crippen molar-refractivity contribution in [1.82, 2.24) is 10.2 Å². The Labute approximate surface area is 168 Å². The van der Waals surface area contributed by atoms with E-state index in [4.69, 9.17) is 17.3 Å². The Bertz CT molecular complexity index is 864. The number of hydrogen-bond donors (Lipinski definition) is 3. The van der Waals surface area contributed by atoms with Crippen molar-refractivity contribution in [1.29, 1.82) is 0 Å². The molecule has 0 saturated heterocycles. The van der Waals surface area contributed by atoms with Gasteiger partial charge < -0.3 is 21.3 Å². The van der Waals surface area contributed by atoms with E-state index in [0.717, 1.165) is 5.56 Å². The fraction of sp³-hybridized carbons (Fsp3) is 0.250. The van der Waals surface area contributed by atoms with Crippen molar-refractivity contribution in [2.45, 2.75) is 20.4 Å². The lowest BCUT2D eigenvalue weighted by Gasteiger charge is -2.19. The van der Waals surface area contributed by atoms with Crippen LogP contribution in [0.15, 0.2) is 42.5 Å². The van der Waals surface area contributed by atoms with Gasteiger partial charge in [0.25, 0.3) is 11.8 Å². The number of carbonyl (C=O) groups is 3. The maximum atomic E-state index is 12.4. The van der Waals surface area contributed by atoms with Crippen LogP contribution in [0.1, 0.15) is 40.1 Å². The molecular formula is C20H23ClN4O3. The SMILES string of the molecule is CCN(CC)C(=O)c1ccc(NC(=O)c2ccc(CNC(N)=O)cc2)cc1Cl. The molecule has 0 aliphatic carbocycles. The summed E-state index contributed by atoms with van der Waals surface area (Å²) in [7, 11) is 0. The summed E-state index contributed by atoms with van der Waals surface area (Å²) in [6.07, 6.45) is 0. The molecule has 2 rings (SSSR count). The zero-order valence-corrected chi connectivity index (χ0v) is 16.5. The van der Waals surface area contributed by atoms with Crippen LogP contribution in [-0.2, 0) is 6.54 Å². The molecule has 0 saturated carbocycles. The first kappa shape index (κ1) is 21.2. The minimum Gasteiger partial charge on any atom is -0.352 e. The highest BCUT2D eigenvalue weighted by atomic mass is 35.5. The van der Waals surface area contributed by atoms with E-state index in [1.165, 1.54) is 0 Å². The number of nitrogens with one attached hydrogen (secondary N) is 2. The van der Waals surface area contributed by atoms with Crippen LogP contribution in [0.25, 0.3) is 0 Å². The molecule has 0 aromatic heterocycles. The second-order valence-electron chi connectivity index (χ2n) is 6.04. The molecule has 0 bridgehead atoms. The van der Waals surface area contributed by atoms with Gasteiger partial charge in [0.2, 0.25) is 0 Å². The number of nitrogens with zero attached hydrogens (tertiary/aromatic N) is 1. The first-order chi connectivity index (χ1) is 13.3. The van der Waals surface area contributed by atoms with Crippen LogP contribution in [-0.4, -0.2) is 35.8 Å². The lowest BCUT2D eigenvalue weighted by molar-refractivity contribution is 0.0773. The molecule has 4 amide bonds. The molecule has 2 aromatic rings. The molecule has 148 valence electrons. The Morgan fingerprint density at radius 2 is 1.68 bits per heavy atom. The lowest BCUT2D eigenvalue weighted by Crippen LogP contribution is -2.30. The van der Waals surface area contributed by atoms with Crippen molar-refractivity contribution >= 4 is 35.1 Å². The average Bonchev–Trinajstić information content (AvgIpc) is 2.67. The Hall–Kier alpha value is -3.06. The molecule has 7 nitrogen and oxygen atoms in total. The molecule has 0 aliphatic rings. The van der Waals surface area contributed by atoms with Gasteiger partial charge in [-0.1, -0.05) is 23.7 Å². The van der Waals surface area contributed by atoms with Crippen LogP contribution in [0.5, 0.6) is 0 Å². The first-order valence-electron chi connectivity index (χ1n) is 8.88. The fourth-order valence-electron chi connectivity index (χ4n) is 2.61. The van der Waals surface area contributed by atoms with Gasteiger partial charge in [0, 0.05) is 30.9 Å². The third-order valence-corrected chi connectivity index (χ3v) is 4.50. The van der Waals surface area contributed by atoms with Crippen molar-refractivity contribution in [3.8, 4) is 0 Å². The second kappa shape index (κ2) is 9.75. The summed E-state index contributed by atoms with van der Waals surface area (Å²) in [4.78, 5) is 37.2. The standard InChI is InChI=1S/C20H23ClN4O3/c1-3-25(4-2)19(27)16-10-9-15(11-17(16)21)24-18(26)14-7-5-13(6-8-14)12-23-20(22)28/h5-11H,3-4,12H2,1-2H3,(H,24,26)(H3,22,23,28). The quantitative estimate of drug-likeness (QED) is 0.662. The Balaban J connectivity index is 2.07. The van der Waals surface area contributed by atoms with Crippen LogP contribution in [0.4, 0.5) is 10.5 Å². The normalized spacial score (nSPS) is 10.2. The number of anilines is 1. The summed E-state index contributed by atoms with van der Waals surface area (Å²) < 4.78 is 0. The third kappa shape index (κ3) is 5.47. The summed E-state index contributed by atoms with van der Waals surface area (Å²) in [5.74, 6) is -0.457. The van der Waals surface area contributed by atoms with E-state index >= 15 is 0 Å². The van der Waals surface area contributed by atoms with Crippen molar-refractivity contribution in [2.75, 3.05) is 18.4 Å².